The van der Waals surface area contributed by atoms with Gasteiger partial charge in [0.05, 0.1) is 0 Å². The molecule has 0 fully saturated rings. The van der Waals surface area contributed by atoms with Gasteiger partial charge in [0, 0.05) is 11.1 Å². The molecule has 8 nitrogen and oxygen atoms in total. The van der Waals surface area contributed by atoms with Crippen LogP contribution in [0.4, 0.5) is 0 Å². The molecule has 33 heavy (non-hydrogen) atoms. The maximum absolute atomic E-state index is 11.2. The van der Waals surface area contributed by atoms with E-state index in [4.69, 9.17) is 10.2 Å². The predicted molar refractivity (Wildman–Crippen MR) is 109 cm³/mol. The number of benzene rings is 2. The molecule has 0 saturated carbocycles. The zero-order valence-corrected chi connectivity index (χ0v) is 19.5. The summed E-state index contributed by atoms with van der Waals surface area (Å²) in [6, 6.07) is 12.6. The average Bonchev–Trinajstić information content (AvgIpc) is 2.78. The molecule has 0 amide bonds. The Hall–Kier alpha value is -3.17. The summed E-state index contributed by atoms with van der Waals surface area (Å²) in [5.74, 6) is -3.45. The molecule has 2 aromatic carbocycles. The number of hydrogen-bond donors (Lipinski definition) is 0. The smallest absolute Gasteiger partial charge is 0.872 e. The standard InChI is InChI=1S/2C10H6O3.2C2H5O.Ti/c2*11-8-5-9(12)10(13)7-4-2-1-3-6(7)8;2*1-2-3;/h2*1-5,11H;2*2H2,1H3;/q;;2*-1;+4/p-2. The van der Waals surface area contributed by atoms with Crippen LogP contribution in [0.5, 0.6) is 0 Å². The molecule has 0 spiro atoms. The Morgan fingerprint density at radius 2 is 0.818 bits per heavy atom. The third-order valence-electron chi connectivity index (χ3n) is 3.85. The number of ketones is 4. The molecule has 168 valence electrons. The predicted octanol–water partition coefficient (Wildman–Crippen LogP) is -0.963. The van der Waals surface area contributed by atoms with Crippen LogP contribution in [0.2, 0.25) is 0 Å². The van der Waals surface area contributed by atoms with Crippen molar-refractivity contribution in [2.24, 2.45) is 0 Å². The number of carbonyl (C=O) groups is 4. The van der Waals surface area contributed by atoms with Crippen LogP contribution in [0.3, 0.4) is 0 Å². The van der Waals surface area contributed by atoms with E-state index in [1.54, 1.807) is 50.2 Å². The van der Waals surface area contributed by atoms with Gasteiger partial charge in [0.2, 0.25) is 23.1 Å². The van der Waals surface area contributed by atoms with Gasteiger partial charge in [-0.3, -0.25) is 19.2 Å². The molecular weight excluding hydrogens is 464 g/mol. The van der Waals surface area contributed by atoms with Gasteiger partial charge in [-0.05, 0) is 23.3 Å². The van der Waals surface area contributed by atoms with Crippen molar-refractivity contribution >= 4 is 34.7 Å². The molecule has 0 aromatic heterocycles. The first-order valence-electron chi connectivity index (χ1n) is 9.53. The first kappa shape index (κ1) is 29.8. The molecule has 2 aromatic rings. The largest absolute Gasteiger partial charge is 4.00 e. The van der Waals surface area contributed by atoms with E-state index in [1.165, 1.54) is 12.1 Å². The second-order valence-corrected chi connectivity index (χ2v) is 6.07. The summed E-state index contributed by atoms with van der Waals surface area (Å²) in [6.07, 6.45) is 1.68. The fourth-order valence-corrected chi connectivity index (χ4v) is 2.58. The summed E-state index contributed by atoms with van der Waals surface area (Å²) >= 11 is 0. The van der Waals surface area contributed by atoms with Crippen LogP contribution >= 0.6 is 0 Å². The number of rotatable bonds is 0. The van der Waals surface area contributed by atoms with Crippen LogP contribution in [0.1, 0.15) is 45.7 Å². The number of hydrogen-bond acceptors (Lipinski definition) is 8. The molecule has 2 aliphatic carbocycles. The maximum Gasteiger partial charge on any atom is 4.00 e. The van der Waals surface area contributed by atoms with Crippen LogP contribution in [0.25, 0.3) is 11.5 Å². The zero-order chi connectivity index (χ0) is 24.3. The van der Waals surface area contributed by atoms with Crippen molar-refractivity contribution in [3.63, 3.8) is 0 Å². The van der Waals surface area contributed by atoms with Gasteiger partial charge in [-0.15, -0.1) is 13.2 Å². The maximum atomic E-state index is 11.2. The minimum Gasteiger partial charge on any atom is -0.872 e. The van der Waals surface area contributed by atoms with Gasteiger partial charge in [0.1, 0.15) is 0 Å². The van der Waals surface area contributed by atoms with Crippen LogP contribution in [-0.4, -0.2) is 36.3 Å². The van der Waals surface area contributed by atoms with Crippen molar-refractivity contribution in [2.75, 3.05) is 13.2 Å². The van der Waals surface area contributed by atoms with E-state index in [-0.39, 0.29) is 57.6 Å². The summed E-state index contributed by atoms with van der Waals surface area (Å²) < 4.78 is 0. The average molecular weight is 484 g/mol. The van der Waals surface area contributed by atoms with E-state index in [0.717, 1.165) is 12.2 Å². The summed E-state index contributed by atoms with van der Waals surface area (Å²) in [5.41, 5.74) is 1.04. The molecule has 2 aliphatic rings. The van der Waals surface area contributed by atoms with Crippen molar-refractivity contribution in [3.05, 3.63) is 82.9 Å². The van der Waals surface area contributed by atoms with Gasteiger partial charge in [-0.1, -0.05) is 73.9 Å². The number of allylic oxidation sites excluding steroid dienone is 2. The molecule has 0 atom stereocenters. The quantitative estimate of drug-likeness (QED) is 0.341. The molecular formula is C24H20O8Ti. The Labute approximate surface area is 205 Å². The Balaban J connectivity index is 0.000000491. The second-order valence-electron chi connectivity index (χ2n) is 6.07. The molecule has 0 saturated heterocycles. The second kappa shape index (κ2) is 14.8. The van der Waals surface area contributed by atoms with E-state index >= 15 is 0 Å². The first-order valence-corrected chi connectivity index (χ1v) is 9.53. The third kappa shape index (κ3) is 8.03. The molecule has 0 N–H and O–H groups in total. The van der Waals surface area contributed by atoms with E-state index in [2.05, 4.69) is 0 Å². The topological polar surface area (TPSA) is 161 Å². The molecule has 9 heteroatoms. The summed E-state index contributed by atoms with van der Waals surface area (Å²) in [5, 5.41) is 40.3. The Bertz CT molecular complexity index is 984. The normalized spacial score (nSPS) is 13.1. The molecule has 0 heterocycles. The van der Waals surface area contributed by atoms with Crippen molar-refractivity contribution in [3.8, 4) is 0 Å². The number of carbonyl (C=O) groups excluding carboxylic acids is 4. The van der Waals surface area contributed by atoms with Crippen LogP contribution in [0.15, 0.2) is 60.7 Å². The number of fused-ring (bicyclic) bond motifs is 2. The summed E-state index contributed by atoms with van der Waals surface area (Å²) in [6.45, 7) is 3.14. The van der Waals surface area contributed by atoms with Crippen LogP contribution in [0, 0.1) is 0 Å². The number of Topliss-reactive ketones (excluding diaryl/α,β-unsaturated/α-hetero) is 2. The summed E-state index contributed by atoms with van der Waals surface area (Å²) in [7, 11) is 0. The van der Waals surface area contributed by atoms with Crippen molar-refractivity contribution in [1.82, 2.24) is 0 Å². The van der Waals surface area contributed by atoms with Crippen LogP contribution in [-0.2, 0) is 31.3 Å². The third-order valence-corrected chi connectivity index (χ3v) is 3.85. The van der Waals surface area contributed by atoms with Gasteiger partial charge in [0.25, 0.3) is 0 Å². The fourth-order valence-electron chi connectivity index (χ4n) is 2.58. The van der Waals surface area contributed by atoms with E-state index in [9.17, 15) is 29.4 Å². The van der Waals surface area contributed by atoms with Crippen LogP contribution < -0.4 is 20.4 Å². The molecule has 4 rings (SSSR count). The molecule has 0 bridgehead atoms. The molecule has 0 radical (unpaired) electrons. The Morgan fingerprint density at radius 3 is 1.09 bits per heavy atom. The van der Waals surface area contributed by atoms with E-state index < -0.39 is 23.1 Å². The molecule has 0 aliphatic heterocycles. The SMILES string of the molecule is CC[O-].CC[O-].O=C1C=C([O-])c2ccccc2C1=O.O=C1C=C([O-])c2ccccc2C1=O.[Ti+4]. The van der Waals surface area contributed by atoms with Gasteiger partial charge in [-0.25, -0.2) is 0 Å². The van der Waals surface area contributed by atoms with Gasteiger partial charge in [-0.2, -0.15) is 0 Å². The van der Waals surface area contributed by atoms with Crippen molar-refractivity contribution < 1.29 is 61.3 Å². The Kier molecular flexibility index (Phi) is 13.4. The van der Waals surface area contributed by atoms with Gasteiger partial charge < -0.3 is 20.4 Å². The van der Waals surface area contributed by atoms with E-state index in [1.807, 2.05) is 0 Å². The minimum atomic E-state index is -0.733. The Morgan fingerprint density at radius 1 is 0.576 bits per heavy atom. The van der Waals surface area contributed by atoms with Crippen molar-refractivity contribution in [1.29, 1.82) is 0 Å². The summed E-state index contributed by atoms with van der Waals surface area (Å²) in [4.78, 5) is 44.3. The zero-order valence-electron chi connectivity index (χ0n) is 18.0. The van der Waals surface area contributed by atoms with Crippen molar-refractivity contribution in [2.45, 2.75) is 13.8 Å². The van der Waals surface area contributed by atoms with Gasteiger partial charge >= 0.3 is 21.7 Å². The first-order chi connectivity index (χ1) is 15.2. The minimum absolute atomic E-state index is 0. The van der Waals surface area contributed by atoms with Gasteiger partial charge in [0.15, 0.2) is 0 Å². The molecule has 0 unspecified atom stereocenters. The monoisotopic (exact) mass is 484 g/mol. The fraction of sp³-hybridized carbons (Fsp3) is 0.167. The van der Waals surface area contributed by atoms with E-state index in [0.29, 0.717) is 11.1 Å².